The molecular formula is C11H12BrF3O2S. The van der Waals surface area contributed by atoms with Gasteiger partial charge in [-0.3, -0.25) is 4.79 Å². The zero-order chi connectivity index (χ0) is 14.2. The molecule has 0 spiro atoms. The van der Waals surface area contributed by atoms with E-state index >= 15 is 0 Å². The lowest BCUT2D eigenvalue weighted by atomic mass is 10.2. The highest BCUT2D eigenvalue weighted by atomic mass is 79.9. The standard InChI is InChI=1S/C11H12BrF3O2S/c1-18(2,3,12)10(16)8-4-6-9(7-5-8)17-11(13,14)15/h4-7H,1H2,2-3H3. The fraction of sp³-hybridized carbons (Fsp3) is 0.273. The maximum Gasteiger partial charge on any atom is 0.573 e. The topological polar surface area (TPSA) is 26.3 Å². The van der Waals surface area contributed by atoms with E-state index in [1.807, 2.05) is 0 Å². The van der Waals surface area contributed by atoms with Crippen molar-refractivity contribution in [2.75, 3.05) is 12.5 Å². The minimum Gasteiger partial charge on any atom is -0.406 e. The van der Waals surface area contributed by atoms with E-state index in [-0.39, 0.29) is 10.9 Å². The fourth-order valence-electron chi connectivity index (χ4n) is 1.16. The average molecular weight is 345 g/mol. The van der Waals surface area contributed by atoms with Crippen LogP contribution in [-0.4, -0.2) is 29.9 Å². The van der Waals surface area contributed by atoms with Crippen LogP contribution in [0.5, 0.6) is 5.75 Å². The molecular weight excluding hydrogens is 333 g/mol. The zero-order valence-corrected chi connectivity index (χ0v) is 12.2. The number of ether oxygens (including phenoxy) is 1. The molecule has 1 aromatic rings. The zero-order valence-electron chi connectivity index (χ0n) is 9.75. The van der Waals surface area contributed by atoms with Crippen molar-refractivity contribution >= 4 is 33.0 Å². The van der Waals surface area contributed by atoms with Crippen molar-refractivity contribution in [1.82, 2.24) is 0 Å². The van der Waals surface area contributed by atoms with Gasteiger partial charge in [-0.15, -0.1) is 20.4 Å². The van der Waals surface area contributed by atoms with Gasteiger partial charge in [0.15, 0.2) is 0 Å². The maximum absolute atomic E-state index is 12.1. The molecule has 0 aliphatic carbocycles. The average Bonchev–Trinajstić information content (AvgIpc) is 2.12. The Hall–Kier alpha value is -0.820. The summed E-state index contributed by atoms with van der Waals surface area (Å²) < 4.78 is 39.6. The number of rotatable bonds is 2. The third-order valence-electron chi connectivity index (χ3n) is 1.90. The smallest absolute Gasteiger partial charge is 0.406 e. The van der Waals surface area contributed by atoms with E-state index < -0.39 is 13.5 Å². The predicted octanol–water partition coefficient (Wildman–Crippen LogP) is 4.07. The van der Waals surface area contributed by atoms with Gasteiger partial charge in [-0.2, -0.15) is 0 Å². The summed E-state index contributed by atoms with van der Waals surface area (Å²) >= 11 is 3.29. The van der Waals surface area contributed by atoms with Gasteiger partial charge in [0, 0.05) is 5.56 Å². The molecule has 0 fully saturated rings. The highest BCUT2D eigenvalue weighted by Crippen LogP contribution is 2.59. The molecule has 7 heteroatoms. The maximum atomic E-state index is 12.1. The van der Waals surface area contributed by atoms with Crippen molar-refractivity contribution in [3.05, 3.63) is 29.8 Å². The van der Waals surface area contributed by atoms with E-state index in [0.717, 1.165) is 12.1 Å². The molecule has 0 heterocycles. The summed E-state index contributed by atoms with van der Waals surface area (Å²) in [5.41, 5.74) is 0.295. The van der Waals surface area contributed by atoms with Crippen molar-refractivity contribution in [3.8, 4) is 5.75 Å². The molecule has 0 bridgehead atoms. The molecule has 0 N–H and O–H groups in total. The van der Waals surface area contributed by atoms with Crippen molar-refractivity contribution in [2.45, 2.75) is 6.36 Å². The van der Waals surface area contributed by atoms with Crippen molar-refractivity contribution < 1.29 is 22.7 Å². The van der Waals surface area contributed by atoms with Gasteiger partial charge < -0.3 is 4.74 Å². The minimum atomic E-state index is -4.74. The summed E-state index contributed by atoms with van der Waals surface area (Å²) in [5, 5.41) is -0.231. The second-order valence-electron chi connectivity index (χ2n) is 4.39. The van der Waals surface area contributed by atoms with Crippen LogP contribution in [0.3, 0.4) is 0 Å². The van der Waals surface area contributed by atoms with Gasteiger partial charge in [-0.1, -0.05) is 5.87 Å². The summed E-state index contributed by atoms with van der Waals surface area (Å²) in [6.45, 7) is 0. The monoisotopic (exact) mass is 344 g/mol. The van der Waals surface area contributed by atoms with Gasteiger partial charge >= 0.3 is 6.36 Å². The van der Waals surface area contributed by atoms with Gasteiger partial charge in [0.1, 0.15) is 5.75 Å². The van der Waals surface area contributed by atoms with Crippen molar-refractivity contribution in [3.63, 3.8) is 0 Å². The number of halogens is 4. The summed E-state index contributed by atoms with van der Waals surface area (Å²) in [4.78, 5) is 12.1. The first kappa shape index (κ1) is 15.2. The van der Waals surface area contributed by atoms with Crippen LogP contribution in [0.2, 0.25) is 0 Å². The van der Waals surface area contributed by atoms with Gasteiger partial charge in [0.05, 0.1) is 0 Å². The minimum absolute atomic E-state index is 0.231. The quantitative estimate of drug-likeness (QED) is 0.756. The lowest BCUT2D eigenvalue weighted by molar-refractivity contribution is -0.274. The van der Waals surface area contributed by atoms with Crippen LogP contribution in [0, 0.1) is 0 Å². The van der Waals surface area contributed by atoms with E-state index in [1.54, 1.807) is 12.5 Å². The van der Waals surface area contributed by atoms with E-state index in [2.05, 4.69) is 25.4 Å². The highest BCUT2D eigenvalue weighted by molar-refractivity contribution is 9.63. The van der Waals surface area contributed by atoms with Gasteiger partial charge in [-0.25, -0.2) is 0 Å². The van der Waals surface area contributed by atoms with Gasteiger partial charge in [0.25, 0.3) is 0 Å². The molecule has 0 aliphatic heterocycles. The van der Waals surface area contributed by atoms with Gasteiger partial charge in [0.2, 0.25) is 5.12 Å². The predicted molar refractivity (Wildman–Crippen MR) is 72.9 cm³/mol. The summed E-state index contributed by atoms with van der Waals surface area (Å²) in [7, 11) is -2.62. The second-order valence-corrected chi connectivity index (χ2v) is 15.1. The molecule has 0 amide bonds. The normalized spacial score (nSPS) is 14.7. The Morgan fingerprint density at radius 3 is 2.06 bits per heavy atom. The molecule has 2 nitrogen and oxygen atoms in total. The second kappa shape index (κ2) is 4.38. The SMILES string of the molecule is C=S(C)(C)(Br)C(=O)c1ccc(OC(F)(F)F)cc1. The highest BCUT2D eigenvalue weighted by Gasteiger charge is 2.31. The Kier molecular flexibility index (Phi) is 3.71. The molecule has 0 atom stereocenters. The van der Waals surface area contributed by atoms with E-state index in [0.29, 0.717) is 5.56 Å². The first-order valence-corrected chi connectivity index (χ1v) is 9.58. The van der Waals surface area contributed by atoms with E-state index in [9.17, 15) is 18.0 Å². The third-order valence-corrected chi connectivity index (χ3v) is 4.16. The molecule has 102 valence electrons. The molecule has 0 unspecified atom stereocenters. The summed E-state index contributed by atoms with van der Waals surface area (Å²) in [6.07, 6.45) is -1.38. The molecule has 18 heavy (non-hydrogen) atoms. The van der Waals surface area contributed by atoms with Crippen LogP contribution in [-0.2, 0) is 0 Å². The molecule has 0 aliphatic rings. The lowest BCUT2D eigenvalue weighted by Crippen LogP contribution is -2.17. The number of hydrogen-bond donors (Lipinski definition) is 0. The molecule has 0 saturated heterocycles. The molecule has 0 saturated carbocycles. The number of hydrogen-bond acceptors (Lipinski definition) is 2. The Bertz CT molecular complexity index is 517. The van der Waals surface area contributed by atoms with Crippen LogP contribution in [0.25, 0.3) is 0 Å². The Morgan fingerprint density at radius 2 is 1.72 bits per heavy atom. The number of carbonyl (C=O) groups excluding carboxylic acids is 1. The molecule has 1 rings (SSSR count). The number of benzene rings is 1. The molecule has 1 aromatic carbocycles. The lowest BCUT2D eigenvalue weighted by Gasteiger charge is -2.30. The van der Waals surface area contributed by atoms with E-state index in [4.69, 9.17) is 0 Å². The Labute approximate surface area is 110 Å². The Balaban J connectivity index is 2.98. The van der Waals surface area contributed by atoms with Crippen molar-refractivity contribution in [1.29, 1.82) is 0 Å². The van der Waals surface area contributed by atoms with Crippen LogP contribution >= 0.6 is 22.0 Å². The molecule has 0 radical (unpaired) electrons. The summed E-state index contributed by atoms with van der Waals surface area (Å²) in [5.74, 6) is 3.47. The molecule has 0 aromatic heterocycles. The van der Waals surface area contributed by atoms with Gasteiger partial charge in [-0.05, 0) is 51.6 Å². The van der Waals surface area contributed by atoms with Crippen LogP contribution < -0.4 is 4.74 Å². The van der Waals surface area contributed by atoms with Crippen LogP contribution in [0.15, 0.2) is 24.3 Å². The van der Waals surface area contributed by atoms with E-state index in [1.165, 1.54) is 12.1 Å². The Morgan fingerprint density at radius 1 is 1.28 bits per heavy atom. The first-order chi connectivity index (χ1) is 7.85. The van der Waals surface area contributed by atoms with Crippen LogP contribution in [0.4, 0.5) is 13.2 Å². The van der Waals surface area contributed by atoms with Crippen molar-refractivity contribution in [2.24, 2.45) is 0 Å². The fourth-order valence-corrected chi connectivity index (χ4v) is 2.58. The number of alkyl halides is 3. The summed E-state index contributed by atoms with van der Waals surface area (Å²) in [6, 6.07) is 4.79. The third kappa shape index (κ3) is 4.45. The first-order valence-electron chi connectivity index (χ1n) is 4.71. The number of carbonyl (C=O) groups is 1. The largest absolute Gasteiger partial charge is 0.573 e. The van der Waals surface area contributed by atoms with Crippen LogP contribution in [0.1, 0.15) is 10.4 Å².